The van der Waals surface area contributed by atoms with E-state index in [-0.39, 0.29) is 17.1 Å². The summed E-state index contributed by atoms with van der Waals surface area (Å²) in [5, 5.41) is 0. The predicted octanol–water partition coefficient (Wildman–Crippen LogP) is 5.73. The lowest BCUT2D eigenvalue weighted by atomic mass is 10.1. The molecule has 0 fully saturated rings. The first-order valence-electron chi connectivity index (χ1n) is 10.1. The van der Waals surface area contributed by atoms with Gasteiger partial charge in [0.1, 0.15) is 11.5 Å². The second-order valence-corrected chi connectivity index (χ2v) is 7.31. The number of hydrogen-bond donors (Lipinski definition) is 0. The molecule has 34 heavy (non-hydrogen) atoms. The molecule has 3 rings (SSSR count). The Morgan fingerprint density at radius 3 is 1.82 bits per heavy atom. The Labute approximate surface area is 192 Å². The molecule has 0 saturated carbocycles. The quantitative estimate of drug-likeness (QED) is 0.223. The molecule has 6 nitrogen and oxygen atoms in total. The van der Waals surface area contributed by atoms with Crippen LogP contribution >= 0.6 is 0 Å². The number of rotatable bonds is 9. The molecule has 0 aliphatic rings. The van der Waals surface area contributed by atoms with E-state index in [1.54, 1.807) is 36.6 Å². The van der Waals surface area contributed by atoms with Gasteiger partial charge in [-0.25, -0.2) is 4.79 Å². The summed E-state index contributed by atoms with van der Waals surface area (Å²) in [6.45, 7) is -1.01. The van der Waals surface area contributed by atoms with Crippen molar-refractivity contribution in [2.75, 3.05) is 0 Å². The highest BCUT2D eigenvalue weighted by atomic mass is 19.3. The number of ether oxygens (including phenoxy) is 3. The number of nitrogens with zero attached hydrogens (tertiary/aromatic N) is 1. The first-order chi connectivity index (χ1) is 16.1. The summed E-state index contributed by atoms with van der Waals surface area (Å²) in [5.74, 6) is -1.35. The number of esters is 1. The van der Waals surface area contributed by atoms with Gasteiger partial charge in [-0.05, 0) is 75.4 Å². The molecule has 0 N–H and O–H groups in total. The number of benzene rings is 2. The molecular formula is C24H21F4NO5. The van der Waals surface area contributed by atoms with Crippen LogP contribution in [0.15, 0.2) is 54.6 Å². The fraction of sp³-hybridized carbons (Fsp3) is 0.250. The monoisotopic (exact) mass is 479 g/mol. The molecule has 1 heterocycles. The Kier molecular flexibility index (Phi) is 7.60. The maximum absolute atomic E-state index is 13.0. The molecule has 1 atom stereocenters. The van der Waals surface area contributed by atoms with Gasteiger partial charge in [-0.3, -0.25) is 4.79 Å². The van der Waals surface area contributed by atoms with E-state index in [0.29, 0.717) is 22.6 Å². The molecule has 0 bridgehead atoms. The second kappa shape index (κ2) is 10.4. The Balaban J connectivity index is 1.73. The van der Waals surface area contributed by atoms with Crippen molar-refractivity contribution in [1.82, 2.24) is 4.57 Å². The highest BCUT2D eigenvalue weighted by Crippen LogP contribution is 2.25. The van der Waals surface area contributed by atoms with Crippen molar-refractivity contribution < 1.29 is 41.4 Å². The highest BCUT2D eigenvalue weighted by molar-refractivity contribution is 6.02. The van der Waals surface area contributed by atoms with Crippen LogP contribution in [0.1, 0.15) is 39.0 Å². The molecule has 0 spiro atoms. The van der Waals surface area contributed by atoms with E-state index in [1.165, 1.54) is 43.3 Å². The first-order valence-corrected chi connectivity index (χ1v) is 10.1. The van der Waals surface area contributed by atoms with Gasteiger partial charge in [0.2, 0.25) is 5.78 Å². The first kappa shape index (κ1) is 24.8. The second-order valence-electron chi connectivity index (χ2n) is 7.31. The molecule has 0 saturated heterocycles. The number of ketones is 1. The Hall–Kier alpha value is -3.82. The molecule has 0 aliphatic heterocycles. The van der Waals surface area contributed by atoms with Gasteiger partial charge >= 0.3 is 19.2 Å². The molecular weight excluding hydrogens is 458 g/mol. The lowest BCUT2D eigenvalue weighted by Crippen LogP contribution is -2.25. The van der Waals surface area contributed by atoms with Crippen LogP contribution in [0, 0.1) is 13.8 Å². The summed E-state index contributed by atoms with van der Waals surface area (Å²) in [4.78, 5) is 25.4. The molecule has 1 unspecified atom stereocenters. The van der Waals surface area contributed by atoms with Gasteiger partial charge in [0, 0.05) is 22.6 Å². The van der Waals surface area contributed by atoms with E-state index in [4.69, 9.17) is 4.74 Å². The molecule has 0 radical (unpaired) electrons. The van der Waals surface area contributed by atoms with Crippen molar-refractivity contribution in [3.8, 4) is 17.2 Å². The third-order valence-electron chi connectivity index (χ3n) is 4.98. The third kappa shape index (κ3) is 5.75. The maximum Gasteiger partial charge on any atom is 0.387 e. The third-order valence-corrected chi connectivity index (χ3v) is 4.98. The van der Waals surface area contributed by atoms with Crippen LogP contribution in [0.3, 0.4) is 0 Å². The minimum Gasteiger partial charge on any atom is -0.451 e. The van der Waals surface area contributed by atoms with Crippen LogP contribution in [-0.2, 0) is 4.74 Å². The zero-order chi connectivity index (χ0) is 25.0. The number of aromatic nitrogens is 1. The Bertz CT molecular complexity index is 1160. The Morgan fingerprint density at radius 2 is 1.32 bits per heavy atom. The lowest BCUT2D eigenvalue weighted by Gasteiger charge is -2.14. The number of hydrogen-bond acceptors (Lipinski definition) is 5. The number of aryl methyl sites for hydroxylation is 1. The van der Waals surface area contributed by atoms with E-state index < -0.39 is 31.1 Å². The van der Waals surface area contributed by atoms with Crippen LogP contribution in [-0.4, -0.2) is 35.6 Å². The molecule has 180 valence electrons. The molecule has 1 aromatic heterocycles. The van der Waals surface area contributed by atoms with Crippen molar-refractivity contribution >= 4 is 11.8 Å². The average Bonchev–Trinajstić information content (AvgIpc) is 3.07. The maximum atomic E-state index is 13.0. The van der Waals surface area contributed by atoms with Gasteiger partial charge in [0.15, 0.2) is 6.10 Å². The smallest absolute Gasteiger partial charge is 0.387 e. The number of carbonyl (C=O) groups is 2. The van der Waals surface area contributed by atoms with Crippen molar-refractivity contribution in [1.29, 1.82) is 0 Å². The summed E-state index contributed by atoms with van der Waals surface area (Å²) < 4.78 is 64.8. The summed E-state index contributed by atoms with van der Waals surface area (Å²) >= 11 is 0. The number of alkyl halides is 4. The van der Waals surface area contributed by atoms with E-state index in [9.17, 15) is 27.2 Å². The average molecular weight is 479 g/mol. The van der Waals surface area contributed by atoms with Gasteiger partial charge < -0.3 is 18.8 Å². The van der Waals surface area contributed by atoms with Crippen LogP contribution in [0.4, 0.5) is 17.6 Å². The van der Waals surface area contributed by atoms with Gasteiger partial charge in [-0.2, -0.15) is 17.6 Å². The minimum absolute atomic E-state index is 0.00634. The summed E-state index contributed by atoms with van der Waals surface area (Å²) in [6.07, 6.45) is -1.12. The summed E-state index contributed by atoms with van der Waals surface area (Å²) in [6, 6.07) is 12.5. The predicted molar refractivity (Wildman–Crippen MR) is 114 cm³/mol. The van der Waals surface area contributed by atoms with Crippen LogP contribution in [0.2, 0.25) is 0 Å². The zero-order valence-corrected chi connectivity index (χ0v) is 18.4. The standard InChI is InChI=1S/C24H21F4NO5/c1-13-12-20(14(2)29(13)17-6-10-19(11-7-17)34-24(27)28)21(30)15(3)32-22(31)16-4-8-18(9-5-16)33-23(25)26/h4-12,15,23-24H,1-3H3. The Morgan fingerprint density at radius 1 is 0.824 bits per heavy atom. The largest absolute Gasteiger partial charge is 0.451 e. The zero-order valence-electron chi connectivity index (χ0n) is 18.4. The van der Waals surface area contributed by atoms with Crippen LogP contribution in [0.25, 0.3) is 5.69 Å². The van der Waals surface area contributed by atoms with Gasteiger partial charge in [-0.1, -0.05) is 0 Å². The van der Waals surface area contributed by atoms with Crippen LogP contribution < -0.4 is 9.47 Å². The number of halogens is 4. The minimum atomic E-state index is -2.99. The normalized spacial score (nSPS) is 12.0. The fourth-order valence-electron chi connectivity index (χ4n) is 3.46. The van der Waals surface area contributed by atoms with Gasteiger partial charge in [-0.15, -0.1) is 0 Å². The number of Topliss-reactive ketones (excluding diaryl/α,β-unsaturated/α-hetero) is 1. The molecule has 3 aromatic rings. The highest BCUT2D eigenvalue weighted by Gasteiger charge is 2.25. The van der Waals surface area contributed by atoms with Crippen molar-refractivity contribution in [2.45, 2.75) is 40.1 Å². The SMILES string of the molecule is Cc1cc(C(=O)C(C)OC(=O)c2ccc(OC(F)F)cc2)c(C)n1-c1ccc(OC(F)F)cc1. The molecule has 10 heteroatoms. The van der Waals surface area contributed by atoms with Gasteiger partial charge in [0.25, 0.3) is 0 Å². The molecule has 0 aliphatic carbocycles. The van der Waals surface area contributed by atoms with E-state index >= 15 is 0 Å². The summed E-state index contributed by atoms with van der Waals surface area (Å²) in [7, 11) is 0. The van der Waals surface area contributed by atoms with Crippen LogP contribution in [0.5, 0.6) is 11.5 Å². The van der Waals surface area contributed by atoms with E-state index in [0.717, 1.165) is 0 Å². The fourth-order valence-corrected chi connectivity index (χ4v) is 3.46. The van der Waals surface area contributed by atoms with Crippen molar-refractivity contribution in [3.63, 3.8) is 0 Å². The summed E-state index contributed by atoms with van der Waals surface area (Å²) in [5.41, 5.74) is 2.30. The molecule has 0 amide bonds. The lowest BCUT2D eigenvalue weighted by molar-refractivity contribution is -0.0505. The topological polar surface area (TPSA) is 66.8 Å². The van der Waals surface area contributed by atoms with E-state index in [1.807, 2.05) is 0 Å². The molecule has 2 aromatic carbocycles. The van der Waals surface area contributed by atoms with Crippen molar-refractivity contribution in [2.24, 2.45) is 0 Å². The van der Waals surface area contributed by atoms with Gasteiger partial charge in [0.05, 0.1) is 5.56 Å². The van der Waals surface area contributed by atoms with E-state index in [2.05, 4.69) is 9.47 Å². The van der Waals surface area contributed by atoms with Crippen molar-refractivity contribution in [3.05, 3.63) is 77.1 Å². The number of carbonyl (C=O) groups excluding carboxylic acids is 2.